The fourth-order valence-corrected chi connectivity index (χ4v) is 3.55. The van der Waals surface area contributed by atoms with Crippen molar-refractivity contribution >= 4 is 24.1 Å². The van der Waals surface area contributed by atoms with Gasteiger partial charge in [0.1, 0.15) is 5.65 Å². The molecule has 0 atom stereocenters. The monoisotopic (exact) mass is 367 g/mol. The zero-order valence-corrected chi connectivity index (χ0v) is 16.4. The van der Waals surface area contributed by atoms with Gasteiger partial charge in [-0.2, -0.15) is 0 Å². The molecule has 4 rings (SSSR count). The van der Waals surface area contributed by atoms with Gasteiger partial charge in [-0.1, -0.05) is 6.08 Å². The second kappa shape index (κ2) is 6.50. The minimum atomic E-state index is -0.338. The van der Waals surface area contributed by atoms with Crippen LogP contribution < -0.4 is 0 Å². The largest absolute Gasteiger partial charge is 0.490 e. The molecule has 2 aromatic heterocycles. The molecule has 0 bridgehead atoms. The molecule has 7 heteroatoms. The average Bonchev–Trinajstić information content (AvgIpc) is 3.13. The molecule has 4 heterocycles. The van der Waals surface area contributed by atoms with Crippen molar-refractivity contribution in [2.45, 2.75) is 51.7 Å². The van der Waals surface area contributed by atoms with Crippen molar-refractivity contribution in [1.82, 2.24) is 14.9 Å². The van der Waals surface area contributed by atoms with Crippen LogP contribution in [0, 0.1) is 0 Å². The third-order valence-corrected chi connectivity index (χ3v) is 6.03. The molecule has 0 aliphatic carbocycles. The fraction of sp³-hybridized carbons (Fsp3) is 0.500. The highest BCUT2D eigenvalue weighted by atomic mass is 16.7. The Morgan fingerprint density at radius 1 is 1.30 bits per heavy atom. The van der Waals surface area contributed by atoms with Crippen LogP contribution in [0.25, 0.3) is 11.0 Å². The van der Waals surface area contributed by atoms with Crippen LogP contribution in [0.1, 0.15) is 39.7 Å². The number of hydrogen-bond donors (Lipinski definition) is 1. The van der Waals surface area contributed by atoms with E-state index in [4.69, 9.17) is 9.31 Å². The van der Waals surface area contributed by atoms with Crippen LogP contribution in [-0.4, -0.2) is 52.2 Å². The van der Waals surface area contributed by atoms with E-state index in [2.05, 4.69) is 43.7 Å². The van der Waals surface area contributed by atoms with Gasteiger partial charge in [-0.3, -0.25) is 4.79 Å². The molecule has 1 N–H and O–H groups in total. The molecule has 6 nitrogen and oxygen atoms in total. The lowest BCUT2D eigenvalue weighted by Crippen LogP contribution is -2.41. The molecule has 1 saturated heterocycles. The molecule has 0 radical (unpaired) electrons. The molecule has 0 unspecified atom stereocenters. The number of nitrogens with zero attached hydrogens (tertiary/aromatic N) is 2. The van der Waals surface area contributed by atoms with Crippen molar-refractivity contribution < 1.29 is 14.1 Å². The van der Waals surface area contributed by atoms with Crippen molar-refractivity contribution in [3.05, 3.63) is 41.6 Å². The van der Waals surface area contributed by atoms with Gasteiger partial charge in [-0.25, -0.2) is 4.98 Å². The predicted octanol–water partition coefficient (Wildman–Crippen LogP) is 2.90. The number of hydrogen-bond acceptors (Lipinski definition) is 4. The van der Waals surface area contributed by atoms with Crippen LogP contribution in [-0.2, 0) is 20.5 Å². The Labute approximate surface area is 160 Å². The number of carbonyl (C=O) groups is 1. The first kappa shape index (κ1) is 18.3. The summed E-state index contributed by atoms with van der Waals surface area (Å²) in [6, 6.07) is 3.89. The van der Waals surface area contributed by atoms with E-state index in [-0.39, 0.29) is 24.2 Å². The first-order chi connectivity index (χ1) is 12.8. The number of aromatic nitrogens is 2. The van der Waals surface area contributed by atoms with Crippen LogP contribution in [0.3, 0.4) is 0 Å². The van der Waals surface area contributed by atoms with Crippen molar-refractivity contribution in [3.8, 4) is 0 Å². The zero-order valence-electron chi connectivity index (χ0n) is 16.4. The van der Waals surface area contributed by atoms with Crippen molar-refractivity contribution in [1.29, 1.82) is 0 Å². The average molecular weight is 367 g/mol. The number of amides is 1. The van der Waals surface area contributed by atoms with E-state index < -0.39 is 0 Å². The number of fused-ring (bicyclic) bond motifs is 1. The Hall–Kier alpha value is -2.12. The third kappa shape index (κ3) is 3.30. The summed E-state index contributed by atoms with van der Waals surface area (Å²) in [4.78, 5) is 22.0. The molecule has 2 aliphatic rings. The van der Waals surface area contributed by atoms with E-state index in [1.165, 1.54) is 0 Å². The highest BCUT2D eigenvalue weighted by Gasteiger charge is 2.52. The lowest BCUT2D eigenvalue weighted by Gasteiger charge is -2.32. The summed E-state index contributed by atoms with van der Waals surface area (Å²) < 4.78 is 12.3. The highest BCUT2D eigenvalue weighted by molar-refractivity contribution is 6.54. The molecular weight excluding hydrogens is 341 g/mol. The summed E-state index contributed by atoms with van der Waals surface area (Å²) in [6.45, 7) is 9.52. The first-order valence-corrected chi connectivity index (χ1v) is 9.50. The minimum absolute atomic E-state index is 0.129. The van der Waals surface area contributed by atoms with Gasteiger partial charge in [-0.15, -0.1) is 0 Å². The van der Waals surface area contributed by atoms with Gasteiger partial charge < -0.3 is 19.2 Å². The fourth-order valence-electron chi connectivity index (χ4n) is 3.55. The summed E-state index contributed by atoms with van der Waals surface area (Å²) in [5, 5.41) is 1.01. The van der Waals surface area contributed by atoms with Crippen molar-refractivity contribution in [2.24, 2.45) is 0 Å². The Balaban J connectivity index is 1.41. The van der Waals surface area contributed by atoms with Gasteiger partial charge in [0.05, 0.1) is 17.6 Å². The second-order valence-electron chi connectivity index (χ2n) is 8.35. The maximum atomic E-state index is 12.7. The van der Waals surface area contributed by atoms with Gasteiger partial charge in [0.15, 0.2) is 0 Å². The van der Waals surface area contributed by atoms with Crippen molar-refractivity contribution in [3.63, 3.8) is 0 Å². The predicted molar refractivity (Wildman–Crippen MR) is 105 cm³/mol. The number of pyridine rings is 1. The number of carbonyl (C=O) groups excluding carboxylic acids is 1. The summed E-state index contributed by atoms with van der Waals surface area (Å²) in [7, 11) is -0.313. The summed E-state index contributed by atoms with van der Waals surface area (Å²) >= 11 is 0. The summed E-state index contributed by atoms with van der Waals surface area (Å²) in [5.74, 6) is 0.129. The molecular formula is C20H26BN3O3. The van der Waals surface area contributed by atoms with E-state index >= 15 is 0 Å². The summed E-state index contributed by atoms with van der Waals surface area (Å²) in [6.07, 6.45) is 6.87. The van der Waals surface area contributed by atoms with Gasteiger partial charge in [-0.05, 0) is 57.3 Å². The molecule has 142 valence electrons. The van der Waals surface area contributed by atoms with Gasteiger partial charge in [0.25, 0.3) is 0 Å². The molecule has 27 heavy (non-hydrogen) atoms. The highest BCUT2D eigenvalue weighted by Crippen LogP contribution is 2.39. The molecule has 1 fully saturated rings. The zero-order chi connectivity index (χ0) is 19.2. The first-order valence-electron chi connectivity index (χ1n) is 9.50. The Kier molecular flexibility index (Phi) is 4.39. The molecule has 2 aromatic rings. The molecule has 0 saturated carbocycles. The normalized spacial score (nSPS) is 21.6. The number of aromatic amines is 1. The SMILES string of the molecule is CC1(C)OB(C2=CCN(C(=O)Cc3c[nH]c4ncccc34)CC2)OC1(C)C. The molecule has 0 spiro atoms. The second-order valence-corrected chi connectivity index (χ2v) is 8.35. The van der Waals surface area contributed by atoms with Gasteiger partial charge >= 0.3 is 7.12 Å². The van der Waals surface area contributed by atoms with Crippen LogP contribution in [0.5, 0.6) is 0 Å². The minimum Gasteiger partial charge on any atom is -0.400 e. The molecule has 2 aliphatic heterocycles. The molecule has 0 aromatic carbocycles. The number of rotatable bonds is 3. The van der Waals surface area contributed by atoms with E-state index in [9.17, 15) is 4.79 Å². The maximum Gasteiger partial charge on any atom is 0.490 e. The number of nitrogens with one attached hydrogen (secondary N) is 1. The Morgan fingerprint density at radius 3 is 2.70 bits per heavy atom. The lowest BCUT2D eigenvalue weighted by molar-refractivity contribution is -0.130. The van der Waals surface area contributed by atoms with E-state index in [1.54, 1.807) is 6.20 Å². The standard InChI is InChI=1S/C20H26BN3O3/c1-19(2)20(3,4)27-21(26-19)15-7-10-24(11-8-15)17(25)12-14-13-23-18-16(14)6-5-9-22-18/h5-7,9,13H,8,10-12H2,1-4H3,(H,22,23). The van der Waals surface area contributed by atoms with Crippen LogP contribution >= 0.6 is 0 Å². The third-order valence-electron chi connectivity index (χ3n) is 6.03. The van der Waals surface area contributed by atoms with E-state index in [0.717, 1.165) is 28.5 Å². The van der Waals surface area contributed by atoms with Crippen molar-refractivity contribution in [2.75, 3.05) is 13.1 Å². The van der Waals surface area contributed by atoms with Crippen LogP contribution in [0.15, 0.2) is 36.1 Å². The van der Waals surface area contributed by atoms with E-state index in [1.807, 2.05) is 23.2 Å². The molecule has 1 amide bonds. The Bertz CT molecular complexity index is 887. The number of H-pyrrole nitrogens is 1. The van der Waals surface area contributed by atoms with E-state index in [0.29, 0.717) is 19.5 Å². The quantitative estimate of drug-likeness (QED) is 0.848. The smallest absolute Gasteiger partial charge is 0.400 e. The van der Waals surface area contributed by atoms with Gasteiger partial charge in [0, 0.05) is 30.9 Å². The Morgan fingerprint density at radius 2 is 2.04 bits per heavy atom. The lowest BCUT2D eigenvalue weighted by atomic mass is 9.74. The van der Waals surface area contributed by atoms with Gasteiger partial charge in [0.2, 0.25) is 5.91 Å². The topological polar surface area (TPSA) is 67.5 Å². The maximum absolute atomic E-state index is 12.7. The summed E-state index contributed by atoms with van der Waals surface area (Å²) in [5.41, 5.74) is 2.27. The van der Waals surface area contributed by atoms with Crippen LogP contribution in [0.4, 0.5) is 0 Å². The van der Waals surface area contributed by atoms with Crippen LogP contribution in [0.2, 0.25) is 0 Å².